The summed E-state index contributed by atoms with van der Waals surface area (Å²) in [4.78, 5) is 24.6. The molecule has 2 amide bonds. The van der Waals surface area contributed by atoms with E-state index in [1.54, 1.807) is 24.3 Å². The fourth-order valence-electron chi connectivity index (χ4n) is 2.33. The molecule has 5 nitrogen and oxygen atoms in total. The lowest BCUT2D eigenvalue weighted by atomic mass is 10.1. The van der Waals surface area contributed by atoms with Gasteiger partial charge in [-0.15, -0.1) is 11.3 Å². The Morgan fingerprint density at radius 3 is 2.56 bits per heavy atom. The highest BCUT2D eigenvalue weighted by atomic mass is 32.1. The quantitative estimate of drug-likeness (QED) is 0.631. The van der Waals surface area contributed by atoms with Crippen molar-refractivity contribution in [3.63, 3.8) is 0 Å². The van der Waals surface area contributed by atoms with Gasteiger partial charge in [-0.3, -0.25) is 9.59 Å². The van der Waals surface area contributed by atoms with Crippen LogP contribution in [0.25, 0.3) is 0 Å². The standard InChI is InChI=1S/C19H18N2O3S/c22-18(15-9-5-13-24-15)21-17-11-10-16(25-17)19(23)20-12-4-8-14-6-2-1-3-7-14/h1-3,5-7,9-11,13H,4,8,12H2,(H,20,23)(H,21,22). The van der Waals surface area contributed by atoms with Crippen LogP contribution < -0.4 is 10.6 Å². The summed E-state index contributed by atoms with van der Waals surface area (Å²) in [6, 6.07) is 16.8. The van der Waals surface area contributed by atoms with Crippen molar-refractivity contribution in [1.82, 2.24) is 5.32 Å². The van der Waals surface area contributed by atoms with Gasteiger partial charge in [0.25, 0.3) is 11.8 Å². The second-order valence-electron chi connectivity index (χ2n) is 5.44. The molecule has 25 heavy (non-hydrogen) atoms. The van der Waals surface area contributed by atoms with E-state index in [9.17, 15) is 9.59 Å². The van der Waals surface area contributed by atoms with Gasteiger partial charge in [0.2, 0.25) is 0 Å². The zero-order valence-electron chi connectivity index (χ0n) is 13.5. The number of nitrogens with one attached hydrogen (secondary N) is 2. The zero-order valence-corrected chi connectivity index (χ0v) is 14.3. The minimum absolute atomic E-state index is 0.128. The summed E-state index contributed by atoms with van der Waals surface area (Å²) in [6.07, 6.45) is 3.25. The van der Waals surface area contributed by atoms with E-state index in [2.05, 4.69) is 22.8 Å². The highest BCUT2D eigenvalue weighted by molar-refractivity contribution is 7.18. The first-order valence-electron chi connectivity index (χ1n) is 7.99. The van der Waals surface area contributed by atoms with Crippen LogP contribution in [0, 0.1) is 0 Å². The Morgan fingerprint density at radius 1 is 0.960 bits per heavy atom. The number of rotatable bonds is 7. The normalized spacial score (nSPS) is 10.4. The van der Waals surface area contributed by atoms with Crippen molar-refractivity contribution in [3.05, 3.63) is 77.1 Å². The third kappa shape index (κ3) is 4.81. The van der Waals surface area contributed by atoms with Crippen LogP contribution in [-0.4, -0.2) is 18.4 Å². The first kappa shape index (κ1) is 17.0. The molecule has 0 spiro atoms. The molecular formula is C19H18N2O3S. The molecule has 0 radical (unpaired) electrons. The molecular weight excluding hydrogens is 336 g/mol. The first-order valence-corrected chi connectivity index (χ1v) is 8.81. The Kier molecular flexibility index (Phi) is 5.64. The summed E-state index contributed by atoms with van der Waals surface area (Å²) < 4.78 is 5.04. The molecule has 0 saturated carbocycles. The van der Waals surface area contributed by atoms with Gasteiger partial charge in [0.05, 0.1) is 16.1 Å². The fourth-order valence-corrected chi connectivity index (χ4v) is 3.15. The van der Waals surface area contributed by atoms with E-state index in [4.69, 9.17) is 4.42 Å². The molecule has 1 aromatic carbocycles. The number of furan rings is 1. The molecule has 0 atom stereocenters. The van der Waals surface area contributed by atoms with E-state index in [-0.39, 0.29) is 17.6 Å². The van der Waals surface area contributed by atoms with Crippen LogP contribution in [0.1, 0.15) is 32.2 Å². The number of hydrogen-bond donors (Lipinski definition) is 2. The summed E-state index contributed by atoms with van der Waals surface area (Å²) in [5.74, 6) is -0.224. The Balaban J connectivity index is 1.45. The van der Waals surface area contributed by atoms with Crippen molar-refractivity contribution < 1.29 is 14.0 Å². The predicted octanol–water partition coefficient (Wildman–Crippen LogP) is 3.96. The third-order valence-electron chi connectivity index (χ3n) is 3.58. The van der Waals surface area contributed by atoms with Crippen molar-refractivity contribution in [2.75, 3.05) is 11.9 Å². The van der Waals surface area contributed by atoms with E-state index < -0.39 is 0 Å². The summed E-state index contributed by atoms with van der Waals surface area (Å²) in [5, 5.41) is 6.23. The van der Waals surface area contributed by atoms with Crippen LogP contribution in [-0.2, 0) is 6.42 Å². The van der Waals surface area contributed by atoms with Crippen LogP contribution in [0.15, 0.2) is 65.3 Å². The Morgan fingerprint density at radius 2 is 1.80 bits per heavy atom. The number of anilines is 1. The summed E-state index contributed by atoms with van der Waals surface area (Å²) in [7, 11) is 0. The van der Waals surface area contributed by atoms with Gasteiger partial charge < -0.3 is 15.1 Å². The molecule has 2 aromatic heterocycles. The Hall–Kier alpha value is -2.86. The van der Waals surface area contributed by atoms with E-state index in [0.717, 1.165) is 12.8 Å². The van der Waals surface area contributed by atoms with Crippen LogP contribution in [0.4, 0.5) is 5.00 Å². The van der Waals surface area contributed by atoms with E-state index in [0.29, 0.717) is 16.4 Å². The number of hydrogen-bond acceptors (Lipinski definition) is 4. The van der Waals surface area contributed by atoms with Crippen LogP contribution >= 0.6 is 11.3 Å². The number of amides is 2. The minimum atomic E-state index is -0.332. The van der Waals surface area contributed by atoms with Gasteiger partial charge in [0.1, 0.15) is 0 Å². The van der Waals surface area contributed by atoms with Crippen LogP contribution in [0.3, 0.4) is 0 Å². The highest BCUT2D eigenvalue weighted by Crippen LogP contribution is 2.22. The first-order chi connectivity index (χ1) is 12.2. The summed E-state index contributed by atoms with van der Waals surface area (Å²) in [5.41, 5.74) is 1.26. The number of carbonyl (C=O) groups excluding carboxylic acids is 2. The molecule has 0 fully saturated rings. The second-order valence-corrected chi connectivity index (χ2v) is 6.52. The van der Waals surface area contributed by atoms with Gasteiger partial charge in [-0.1, -0.05) is 30.3 Å². The molecule has 128 valence electrons. The fraction of sp³-hybridized carbons (Fsp3) is 0.158. The Bertz CT molecular complexity index is 825. The molecule has 0 unspecified atom stereocenters. The van der Waals surface area contributed by atoms with Gasteiger partial charge in [-0.05, 0) is 42.7 Å². The molecule has 0 bridgehead atoms. The Labute approximate surface area is 149 Å². The van der Waals surface area contributed by atoms with Gasteiger partial charge in [0, 0.05) is 6.54 Å². The SMILES string of the molecule is O=C(Nc1ccc(C(=O)NCCCc2ccccc2)s1)c1ccco1. The molecule has 0 aliphatic rings. The maximum absolute atomic E-state index is 12.2. The number of benzene rings is 1. The lowest BCUT2D eigenvalue weighted by molar-refractivity contribution is 0.0955. The van der Waals surface area contributed by atoms with Crippen molar-refractivity contribution in [3.8, 4) is 0 Å². The molecule has 0 saturated heterocycles. The highest BCUT2D eigenvalue weighted by Gasteiger charge is 2.13. The molecule has 2 N–H and O–H groups in total. The molecule has 3 aromatic rings. The zero-order chi connectivity index (χ0) is 17.5. The maximum atomic E-state index is 12.2. The van der Waals surface area contributed by atoms with Crippen molar-refractivity contribution in [2.45, 2.75) is 12.8 Å². The molecule has 6 heteroatoms. The van der Waals surface area contributed by atoms with E-state index >= 15 is 0 Å². The van der Waals surface area contributed by atoms with Crippen LogP contribution in [0.2, 0.25) is 0 Å². The topological polar surface area (TPSA) is 71.3 Å². The maximum Gasteiger partial charge on any atom is 0.291 e. The second kappa shape index (κ2) is 8.30. The van der Waals surface area contributed by atoms with Crippen molar-refractivity contribution in [2.24, 2.45) is 0 Å². The molecule has 0 aliphatic heterocycles. The minimum Gasteiger partial charge on any atom is -0.459 e. The summed E-state index contributed by atoms with van der Waals surface area (Å²) >= 11 is 1.24. The lowest BCUT2D eigenvalue weighted by Gasteiger charge is -2.04. The number of thiophene rings is 1. The average molecular weight is 354 g/mol. The van der Waals surface area contributed by atoms with Crippen molar-refractivity contribution in [1.29, 1.82) is 0 Å². The molecule has 3 rings (SSSR count). The van der Waals surface area contributed by atoms with Crippen LogP contribution in [0.5, 0.6) is 0 Å². The van der Waals surface area contributed by atoms with Gasteiger partial charge in [-0.2, -0.15) is 0 Å². The van der Waals surface area contributed by atoms with E-state index in [1.165, 1.54) is 23.2 Å². The lowest BCUT2D eigenvalue weighted by Crippen LogP contribution is -2.23. The van der Waals surface area contributed by atoms with Crippen molar-refractivity contribution >= 4 is 28.2 Å². The monoisotopic (exact) mass is 354 g/mol. The number of aryl methyl sites for hydroxylation is 1. The average Bonchev–Trinajstić information content (AvgIpc) is 3.31. The smallest absolute Gasteiger partial charge is 0.291 e. The third-order valence-corrected chi connectivity index (χ3v) is 4.58. The predicted molar refractivity (Wildman–Crippen MR) is 98.1 cm³/mol. The number of carbonyl (C=O) groups is 2. The largest absolute Gasteiger partial charge is 0.459 e. The summed E-state index contributed by atoms with van der Waals surface area (Å²) in [6.45, 7) is 0.611. The molecule has 0 aliphatic carbocycles. The molecule has 2 heterocycles. The van der Waals surface area contributed by atoms with Gasteiger partial charge in [0.15, 0.2) is 5.76 Å². The van der Waals surface area contributed by atoms with Gasteiger partial charge in [-0.25, -0.2) is 0 Å². The van der Waals surface area contributed by atoms with E-state index in [1.807, 2.05) is 18.2 Å². The van der Waals surface area contributed by atoms with Gasteiger partial charge >= 0.3 is 0 Å².